The Morgan fingerprint density at radius 3 is 2.35 bits per heavy atom. The first-order valence-corrected chi connectivity index (χ1v) is 5.46. The van der Waals surface area contributed by atoms with Crippen molar-refractivity contribution < 1.29 is 8.78 Å². The summed E-state index contributed by atoms with van der Waals surface area (Å²) in [5.74, 6) is -0.734. The lowest BCUT2D eigenvalue weighted by atomic mass is 10.2. The third-order valence-corrected chi connectivity index (χ3v) is 2.64. The Morgan fingerprint density at radius 1 is 1.00 bits per heavy atom. The van der Waals surface area contributed by atoms with E-state index in [2.05, 4.69) is 5.32 Å². The Kier molecular flexibility index (Phi) is 3.59. The van der Waals surface area contributed by atoms with E-state index in [1.54, 1.807) is 18.2 Å². The molecular formula is C13H10ClF2N. The van der Waals surface area contributed by atoms with Gasteiger partial charge in [-0.1, -0.05) is 23.7 Å². The molecule has 0 saturated heterocycles. The number of benzene rings is 2. The van der Waals surface area contributed by atoms with E-state index >= 15 is 0 Å². The lowest BCUT2D eigenvalue weighted by Gasteiger charge is -2.07. The van der Waals surface area contributed by atoms with Gasteiger partial charge >= 0.3 is 0 Å². The van der Waals surface area contributed by atoms with E-state index in [0.29, 0.717) is 12.2 Å². The van der Waals surface area contributed by atoms with Crippen molar-refractivity contribution in [2.75, 3.05) is 5.32 Å². The predicted octanol–water partition coefficient (Wildman–Crippen LogP) is 4.23. The molecule has 0 spiro atoms. The summed E-state index contributed by atoms with van der Waals surface area (Å²) in [6, 6.07) is 10.6. The van der Waals surface area contributed by atoms with Crippen molar-refractivity contribution in [1.82, 2.24) is 0 Å². The van der Waals surface area contributed by atoms with Crippen molar-refractivity contribution in [3.8, 4) is 0 Å². The molecule has 0 unspecified atom stereocenters. The van der Waals surface area contributed by atoms with E-state index in [4.69, 9.17) is 11.6 Å². The zero-order valence-corrected chi connectivity index (χ0v) is 9.64. The van der Waals surface area contributed by atoms with Gasteiger partial charge in [-0.2, -0.15) is 0 Å². The fourth-order valence-electron chi connectivity index (χ4n) is 1.41. The normalized spacial score (nSPS) is 10.3. The first-order chi connectivity index (χ1) is 8.15. The summed E-state index contributed by atoms with van der Waals surface area (Å²) in [5, 5.41) is 3.12. The summed E-state index contributed by atoms with van der Waals surface area (Å²) in [6.45, 7) is 0.501. The van der Waals surface area contributed by atoms with E-state index < -0.39 is 5.82 Å². The zero-order chi connectivity index (χ0) is 12.3. The van der Waals surface area contributed by atoms with Crippen molar-refractivity contribution in [3.05, 3.63) is 64.7 Å². The van der Waals surface area contributed by atoms with Gasteiger partial charge in [-0.3, -0.25) is 0 Å². The number of rotatable bonds is 3. The Balaban J connectivity index is 2.02. The number of halogens is 3. The quantitative estimate of drug-likeness (QED) is 0.863. The van der Waals surface area contributed by atoms with Crippen molar-refractivity contribution in [2.45, 2.75) is 6.54 Å². The topological polar surface area (TPSA) is 12.0 Å². The molecule has 2 aromatic rings. The van der Waals surface area contributed by atoms with E-state index in [1.165, 1.54) is 24.3 Å². The van der Waals surface area contributed by atoms with E-state index in [-0.39, 0.29) is 10.8 Å². The molecule has 0 saturated carbocycles. The van der Waals surface area contributed by atoms with Gasteiger partial charge < -0.3 is 5.32 Å². The highest BCUT2D eigenvalue weighted by molar-refractivity contribution is 6.30. The molecule has 1 nitrogen and oxygen atoms in total. The number of anilines is 1. The van der Waals surface area contributed by atoms with E-state index in [0.717, 1.165) is 5.56 Å². The molecule has 0 bridgehead atoms. The van der Waals surface area contributed by atoms with Crippen LogP contribution in [-0.4, -0.2) is 0 Å². The third kappa shape index (κ3) is 3.17. The molecule has 0 aliphatic rings. The lowest BCUT2D eigenvalue weighted by molar-refractivity contribution is 0.627. The van der Waals surface area contributed by atoms with Crippen molar-refractivity contribution in [1.29, 1.82) is 0 Å². The summed E-state index contributed by atoms with van der Waals surface area (Å²) < 4.78 is 25.8. The first kappa shape index (κ1) is 11.9. The summed E-state index contributed by atoms with van der Waals surface area (Å²) in [5.41, 5.74) is 1.55. The molecule has 17 heavy (non-hydrogen) atoms. The first-order valence-electron chi connectivity index (χ1n) is 5.08. The second-order valence-corrected chi connectivity index (χ2v) is 4.02. The van der Waals surface area contributed by atoms with Gasteiger partial charge in [-0.15, -0.1) is 0 Å². The monoisotopic (exact) mass is 253 g/mol. The molecular weight excluding hydrogens is 244 g/mol. The molecule has 2 aromatic carbocycles. The molecule has 0 atom stereocenters. The summed E-state index contributed by atoms with van der Waals surface area (Å²) in [6.07, 6.45) is 0. The van der Waals surface area contributed by atoms with Crippen LogP contribution in [0, 0.1) is 11.6 Å². The molecule has 0 aliphatic carbocycles. The van der Waals surface area contributed by atoms with Crippen LogP contribution in [0.25, 0.3) is 0 Å². The molecule has 0 aliphatic heterocycles. The van der Waals surface area contributed by atoms with E-state index in [1.807, 2.05) is 0 Å². The molecule has 0 heterocycles. The van der Waals surface area contributed by atoms with Crippen LogP contribution < -0.4 is 5.32 Å². The molecule has 88 valence electrons. The van der Waals surface area contributed by atoms with Crippen molar-refractivity contribution >= 4 is 17.3 Å². The average molecular weight is 254 g/mol. The molecule has 0 fully saturated rings. The highest BCUT2D eigenvalue weighted by Gasteiger charge is 2.00. The van der Waals surface area contributed by atoms with Crippen LogP contribution in [0.5, 0.6) is 0 Å². The van der Waals surface area contributed by atoms with E-state index in [9.17, 15) is 8.78 Å². The second kappa shape index (κ2) is 5.15. The Morgan fingerprint density at radius 2 is 1.71 bits per heavy atom. The van der Waals surface area contributed by atoms with Gasteiger partial charge in [0.15, 0.2) is 0 Å². The second-order valence-electron chi connectivity index (χ2n) is 3.61. The summed E-state index contributed by atoms with van der Waals surface area (Å²) in [4.78, 5) is 0. The molecule has 0 radical (unpaired) electrons. The van der Waals surface area contributed by atoms with Gasteiger partial charge in [0.2, 0.25) is 0 Å². The maximum atomic E-state index is 13.1. The van der Waals surface area contributed by atoms with Gasteiger partial charge in [0, 0.05) is 12.2 Å². The maximum absolute atomic E-state index is 13.1. The third-order valence-electron chi connectivity index (χ3n) is 2.33. The van der Waals surface area contributed by atoms with Crippen LogP contribution in [0.3, 0.4) is 0 Å². The molecule has 4 heteroatoms. The average Bonchev–Trinajstić information content (AvgIpc) is 2.33. The van der Waals surface area contributed by atoms with Gasteiger partial charge in [-0.25, -0.2) is 8.78 Å². The largest absolute Gasteiger partial charge is 0.381 e. The van der Waals surface area contributed by atoms with Crippen LogP contribution in [-0.2, 0) is 6.54 Å². The standard InChI is InChI=1S/C13H10ClF2N/c14-12-6-5-11(7-13(12)16)17-8-9-1-3-10(15)4-2-9/h1-7,17H,8H2. The summed E-state index contributed by atoms with van der Waals surface area (Å²) >= 11 is 5.57. The van der Waals surface area contributed by atoms with Gasteiger partial charge in [0.1, 0.15) is 11.6 Å². The molecule has 1 N–H and O–H groups in total. The molecule has 2 rings (SSSR count). The predicted molar refractivity (Wildman–Crippen MR) is 65.1 cm³/mol. The van der Waals surface area contributed by atoms with Gasteiger partial charge in [0.05, 0.1) is 5.02 Å². The minimum absolute atomic E-state index is 0.0948. The zero-order valence-electron chi connectivity index (χ0n) is 8.88. The van der Waals surface area contributed by atoms with Gasteiger partial charge in [-0.05, 0) is 35.9 Å². The maximum Gasteiger partial charge on any atom is 0.143 e. The fourth-order valence-corrected chi connectivity index (χ4v) is 1.53. The fraction of sp³-hybridized carbons (Fsp3) is 0.0769. The minimum atomic E-state index is -0.462. The highest BCUT2D eigenvalue weighted by Crippen LogP contribution is 2.19. The van der Waals surface area contributed by atoms with Gasteiger partial charge in [0.25, 0.3) is 0 Å². The highest BCUT2D eigenvalue weighted by atomic mass is 35.5. The molecule has 0 amide bonds. The van der Waals surface area contributed by atoms with Crippen LogP contribution in [0.4, 0.5) is 14.5 Å². The SMILES string of the molecule is Fc1ccc(CNc2ccc(Cl)c(F)c2)cc1. The van der Waals surface area contributed by atoms with Crippen molar-refractivity contribution in [3.63, 3.8) is 0 Å². The number of hydrogen-bond acceptors (Lipinski definition) is 1. The molecule has 0 aromatic heterocycles. The Bertz CT molecular complexity index is 511. The number of hydrogen-bond donors (Lipinski definition) is 1. The van der Waals surface area contributed by atoms with Crippen LogP contribution >= 0.6 is 11.6 Å². The van der Waals surface area contributed by atoms with Crippen molar-refractivity contribution in [2.24, 2.45) is 0 Å². The minimum Gasteiger partial charge on any atom is -0.381 e. The smallest absolute Gasteiger partial charge is 0.143 e. The van der Waals surface area contributed by atoms with Crippen LogP contribution in [0.1, 0.15) is 5.56 Å². The Labute approximate surface area is 103 Å². The summed E-state index contributed by atoms with van der Waals surface area (Å²) in [7, 11) is 0. The number of nitrogens with one attached hydrogen (secondary N) is 1. The van der Waals surface area contributed by atoms with Crippen LogP contribution in [0.2, 0.25) is 5.02 Å². The van der Waals surface area contributed by atoms with Crippen LogP contribution in [0.15, 0.2) is 42.5 Å². The lowest BCUT2D eigenvalue weighted by Crippen LogP contribution is -1.99. The Hall–Kier alpha value is -1.61.